The van der Waals surface area contributed by atoms with Crippen LogP contribution in [0.4, 0.5) is 0 Å². The van der Waals surface area contributed by atoms with Crippen LogP contribution < -0.4 is 9.32 Å². The molecule has 60 valence electrons. The molecule has 0 atom stereocenters. The van der Waals surface area contributed by atoms with E-state index in [4.69, 9.17) is 19.1 Å². The highest BCUT2D eigenvalue weighted by Crippen LogP contribution is 1.81. The van der Waals surface area contributed by atoms with Crippen LogP contribution in [0.2, 0.25) is 0 Å². The molecule has 0 heterocycles. The van der Waals surface area contributed by atoms with E-state index in [1.54, 1.807) is 0 Å². The van der Waals surface area contributed by atoms with Gasteiger partial charge in [-0.25, -0.2) is 4.79 Å². The fourth-order valence-corrected chi connectivity index (χ4v) is 0. The second-order valence-corrected chi connectivity index (χ2v) is 1.69. The number of halogens is 1. The van der Waals surface area contributed by atoms with Crippen molar-refractivity contribution in [3.05, 3.63) is 12.2 Å². The molecule has 0 unspecified atom stereocenters. The number of carbonyl (C=O) groups is 1. The minimum atomic E-state index is -2.60. The molecule has 6 heteroatoms. The summed E-state index contributed by atoms with van der Waals surface area (Å²) in [4.78, 5) is 9.60. The van der Waals surface area contributed by atoms with Gasteiger partial charge in [0, 0.05) is 10.2 Å². The summed E-state index contributed by atoms with van der Waals surface area (Å²) < 4.78 is 24.0. The van der Waals surface area contributed by atoms with Crippen LogP contribution in [0, 0.1) is 10.8 Å². The van der Waals surface area contributed by atoms with Crippen LogP contribution in [0.25, 0.3) is 0 Å². The highest BCUT2D eigenvalue weighted by Gasteiger charge is 1.90. The summed E-state index contributed by atoms with van der Waals surface area (Å²) in [6, 6.07) is 0. The fourth-order valence-electron chi connectivity index (χ4n) is 0. The van der Waals surface area contributed by atoms with Crippen molar-refractivity contribution >= 4 is 5.97 Å². The van der Waals surface area contributed by atoms with Gasteiger partial charge in [-0.15, -0.1) is 0 Å². The van der Waals surface area contributed by atoms with Crippen molar-refractivity contribution in [1.29, 1.82) is 0 Å². The molecule has 10 heavy (non-hydrogen) atoms. The number of aliphatic carboxylic acids is 1. The van der Waals surface area contributed by atoms with Crippen molar-refractivity contribution in [2.45, 2.75) is 6.92 Å². The van der Waals surface area contributed by atoms with Crippen LogP contribution in [0.1, 0.15) is 6.92 Å². The molecule has 0 aromatic heterocycles. The average molecular weight is 171 g/mol. The van der Waals surface area contributed by atoms with Gasteiger partial charge in [0.2, 0.25) is 0 Å². The number of carboxylic acid groups (broad SMARTS) is 1. The Morgan fingerprint density at radius 3 is 1.70 bits per heavy atom. The highest BCUT2D eigenvalue weighted by molar-refractivity contribution is 5.84. The van der Waals surface area contributed by atoms with Crippen molar-refractivity contribution < 1.29 is 34.7 Å². The first-order valence-corrected chi connectivity index (χ1v) is 2.96. The largest absolute Gasteiger partial charge is 0.478 e. The van der Waals surface area contributed by atoms with Crippen molar-refractivity contribution in [2.75, 3.05) is 0 Å². The zero-order valence-corrected chi connectivity index (χ0v) is 5.96. The summed E-state index contributed by atoms with van der Waals surface area (Å²) in [6.07, 6.45) is 0. The van der Waals surface area contributed by atoms with Crippen molar-refractivity contribution in [1.82, 2.24) is 0 Å². The van der Waals surface area contributed by atoms with E-state index < -0.39 is 16.8 Å². The Morgan fingerprint density at radius 2 is 1.70 bits per heavy atom. The first-order valence-electron chi connectivity index (χ1n) is 2.01. The maximum Gasteiger partial charge on any atom is 0.330 e. The van der Waals surface area contributed by atoms with Gasteiger partial charge in [0.25, 0.3) is 10.8 Å². The Balaban J connectivity index is 0. The molecule has 0 fully saturated rings. The summed E-state index contributed by atoms with van der Waals surface area (Å²) in [5, 5.41) is 7.89. The molecule has 0 saturated heterocycles. The third kappa shape index (κ3) is 26.3. The van der Waals surface area contributed by atoms with Crippen LogP contribution in [-0.4, -0.2) is 15.7 Å². The smallest absolute Gasteiger partial charge is 0.330 e. The molecule has 0 amide bonds. The van der Waals surface area contributed by atoms with Gasteiger partial charge >= 0.3 is 5.97 Å². The van der Waals surface area contributed by atoms with Crippen LogP contribution in [0.5, 0.6) is 0 Å². The molecule has 0 aromatic rings. The van der Waals surface area contributed by atoms with Crippen LogP contribution in [-0.2, 0) is 4.79 Å². The summed E-state index contributed by atoms with van der Waals surface area (Å²) in [5.74, 6) is -0.935. The van der Waals surface area contributed by atoms with Gasteiger partial charge in [-0.3, -0.25) is 0 Å². The Hall–Kier alpha value is -0.620. The van der Waals surface area contributed by atoms with Crippen LogP contribution >= 0.6 is 0 Å². The van der Waals surface area contributed by atoms with E-state index in [0.717, 1.165) is 0 Å². The quantitative estimate of drug-likeness (QED) is 0.431. The van der Waals surface area contributed by atoms with Crippen molar-refractivity contribution in [2.24, 2.45) is 0 Å². The lowest BCUT2D eigenvalue weighted by molar-refractivity contribution is -1.63. The zero-order valence-electron chi connectivity index (χ0n) is 5.20. The van der Waals surface area contributed by atoms with Gasteiger partial charge in [-0.1, -0.05) is 6.58 Å². The molecule has 0 aliphatic rings. The maximum atomic E-state index is 9.60. The number of hydrogen-bond donors (Lipinski definition) is 2. The van der Waals surface area contributed by atoms with Gasteiger partial charge in [0.05, 0.1) is 0 Å². The van der Waals surface area contributed by atoms with E-state index in [1.807, 2.05) is 0 Å². The van der Waals surface area contributed by atoms with E-state index >= 15 is 0 Å². The van der Waals surface area contributed by atoms with E-state index in [-0.39, 0.29) is 5.57 Å². The average Bonchev–Trinajstić information content (AvgIpc) is 1.63. The summed E-state index contributed by atoms with van der Waals surface area (Å²) in [6.45, 7) is 4.60. The molecule has 2 N–H and O–H groups in total. The van der Waals surface area contributed by atoms with Gasteiger partial charge < -0.3 is 14.4 Å². The normalized spacial score (nSPS) is 8.10. The molecular weight excluding hydrogens is 163 g/mol. The molecule has 0 aliphatic carbocycles. The second kappa shape index (κ2) is 6.50. The van der Waals surface area contributed by atoms with Crippen LogP contribution in [0.3, 0.4) is 0 Å². The van der Waals surface area contributed by atoms with E-state index in [2.05, 4.69) is 6.58 Å². The molecule has 0 radical (unpaired) electrons. The maximum absolute atomic E-state index is 9.60. The lowest BCUT2D eigenvalue weighted by Crippen LogP contribution is -2.30. The van der Waals surface area contributed by atoms with Crippen LogP contribution in [0.15, 0.2) is 12.2 Å². The molecule has 0 spiro atoms. The Labute approximate surface area is 60.6 Å². The Kier molecular flexibility index (Phi) is 7.86. The first kappa shape index (κ1) is 12.1. The molecule has 0 aromatic carbocycles. The Morgan fingerprint density at radius 1 is 1.60 bits per heavy atom. The van der Waals surface area contributed by atoms with Gasteiger partial charge in [-0.2, -0.15) is 0 Å². The van der Waals surface area contributed by atoms with E-state index in [1.165, 1.54) is 6.92 Å². The van der Waals surface area contributed by atoms with Gasteiger partial charge in [0.1, 0.15) is 0 Å². The summed E-state index contributed by atoms with van der Waals surface area (Å²) in [5.41, 5.74) is 0.176. The second-order valence-electron chi connectivity index (χ2n) is 1.29. The zero-order chi connectivity index (χ0) is 8.73. The third-order valence-corrected chi connectivity index (χ3v) is 0.365. The number of rotatable bonds is 1. The minimum absolute atomic E-state index is 0.176. The molecule has 5 nitrogen and oxygen atoms in total. The summed E-state index contributed by atoms with van der Waals surface area (Å²) in [7, 11) is -2.60. The Bertz CT molecular complexity index is 106. The standard InChI is InChI=1S/C4H6O2.ClHO3/c1-3(2)4(5)6;2-1(3)4/h1H2,2H3,(H,5,6);2H. The molecular formula is C4H7ClO5. The predicted octanol–water partition coefficient (Wildman–Crippen LogP) is -2.29. The SMILES string of the molecule is C=C(C)C(=O)O.[O-][Cl+2]([O-])O. The number of carboxylic acids is 1. The fraction of sp³-hybridized carbons (Fsp3) is 0.250. The molecule has 0 rings (SSSR count). The van der Waals surface area contributed by atoms with Gasteiger partial charge in [0.15, 0.2) is 0 Å². The topological polar surface area (TPSA) is 104 Å². The van der Waals surface area contributed by atoms with E-state index in [9.17, 15) is 4.79 Å². The summed E-state index contributed by atoms with van der Waals surface area (Å²) >= 11 is 0. The lowest BCUT2D eigenvalue weighted by Gasteiger charge is -1.79. The minimum Gasteiger partial charge on any atom is -0.478 e. The first-order chi connectivity index (χ1) is 4.37. The van der Waals surface area contributed by atoms with Crippen molar-refractivity contribution in [3.63, 3.8) is 0 Å². The molecule has 0 aliphatic heterocycles. The van der Waals surface area contributed by atoms with Gasteiger partial charge in [-0.05, 0) is 6.92 Å². The molecule has 0 bridgehead atoms. The monoisotopic (exact) mass is 170 g/mol. The highest BCUT2D eigenvalue weighted by atomic mass is 35.6. The number of hydrogen-bond acceptors (Lipinski definition) is 4. The lowest BCUT2D eigenvalue weighted by atomic mass is 10.4. The van der Waals surface area contributed by atoms with E-state index in [0.29, 0.717) is 0 Å². The molecule has 0 saturated carbocycles. The predicted molar refractivity (Wildman–Crippen MR) is 24.7 cm³/mol. The third-order valence-electron chi connectivity index (χ3n) is 0.365. The van der Waals surface area contributed by atoms with Crippen molar-refractivity contribution in [3.8, 4) is 0 Å².